The lowest BCUT2D eigenvalue weighted by Crippen LogP contribution is -2.41. The number of hydrogen-bond acceptors (Lipinski definition) is 5. The first kappa shape index (κ1) is 20.5. The quantitative estimate of drug-likeness (QED) is 0.296. The van der Waals surface area contributed by atoms with Gasteiger partial charge in [-0.2, -0.15) is 0 Å². The van der Waals surface area contributed by atoms with Crippen molar-refractivity contribution in [1.29, 1.82) is 0 Å². The average Bonchev–Trinajstić information content (AvgIpc) is 3.16. The van der Waals surface area contributed by atoms with Crippen LogP contribution in [0.5, 0.6) is 0 Å². The summed E-state index contributed by atoms with van der Waals surface area (Å²) in [6.45, 7) is 8.24. The Kier molecular flexibility index (Phi) is 5.30. The van der Waals surface area contributed by atoms with E-state index >= 15 is 0 Å². The molecule has 0 saturated carbocycles. The highest BCUT2D eigenvalue weighted by atomic mass is 127. The number of nitrogens with zero attached hydrogens (tertiary/aromatic N) is 2. The van der Waals surface area contributed by atoms with Gasteiger partial charge in [0.25, 0.3) is 0 Å². The number of fused-ring (bicyclic) bond motifs is 1. The van der Waals surface area contributed by atoms with Crippen LogP contribution >= 0.6 is 22.9 Å². The van der Waals surface area contributed by atoms with E-state index in [1.54, 1.807) is 0 Å². The van der Waals surface area contributed by atoms with Gasteiger partial charge in [-0.15, -0.1) is 0 Å². The number of aromatic nitrogens is 1. The molecule has 1 saturated heterocycles. The van der Waals surface area contributed by atoms with E-state index in [0.29, 0.717) is 0 Å². The molecule has 2 aromatic rings. The highest BCUT2D eigenvalue weighted by Gasteiger charge is 2.52. The van der Waals surface area contributed by atoms with E-state index in [4.69, 9.17) is 9.31 Å². The summed E-state index contributed by atoms with van der Waals surface area (Å²) in [6, 6.07) is 10.4. The van der Waals surface area contributed by atoms with Crippen LogP contribution in [0.3, 0.4) is 0 Å². The van der Waals surface area contributed by atoms with Crippen molar-refractivity contribution < 1.29 is 9.31 Å². The molecule has 1 N–H and O–H groups in total. The Bertz CT molecular complexity index is 964. The van der Waals surface area contributed by atoms with Gasteiger partial charge in [0.05, 0.1) is 40.1 Å². The third kappa shape index (κ3) is 4.11. The Hall–Kier alpha value is -1.76. The molecule has 0 aliphatic carbocycles. The highest BCUT2D eigenvalue weighted by molar-refractivity contribution is 14.1. The maximum absolute atomic E-state index is 6.15. The molecule has 1 atom stereocenters. The van der Waals surface area contributed by atoms with Crippen LogP contribution in [0, 0.1) is 11.8 Å². The minimum absolute atomic E-state index is 0.0537. The second-order valence-electron chi connectivity index (χ2n) is 8.56. The minimum Gasteiger partial charge on any atom is -0.399 e. The maximum Gasteiger partial charge on any atom is 0.496 e. The van der Waals surface area contributed by atoms with Gasteiger partial charge >= 0.3 is 7.12 Å². The summed E-state index contributed by atoms with van der Waals surface area (Å²) < 4.78 is 14.4. The molecule has 1 fully saturated rings. The van der Waals surface area contributed by atoms with E-state index in [-0.39, 0.29) is 17.2 Å². The summed E-state index contributed by atoms with van der Waals surface area (Å²) in [7, 11) is 1.63. The van der Waals surface area contributed by atoms with E-state index in [1.807, 2.05) is 28.5 Å². The fourth-order valence-corrected chi connectivity index (χ4v) is 3.69. The standard InChI is InChI=1S/C22H25BIN3O2/c1-21(2)22(3,4)29-23(28-21)17-12-16-13-18(26-20(16)25-14-17)9-6-15-7-10-19(11-8-15)27(5)24/h7-8,10-12,14,18H,13H2,1-5H3,(H,25,26). The van der Waals surface area contributed by atoms with Crippen LogP contribution in [0.15, 0.2) is 36.5 Å². The normalized spacial score (nSPS) is 21.2. The summed E-state index contributed by atoms with van der Waals surface area (Å²) in [6.07, 6.45) is 2.65. The fourth-order valence-electron chi connectivity index (χ4n) is 3.37. The Balaban J connectivity index is 1.46. The van der Waals surface area contributed by atoms with Gasteiger partial charge in [-0.05, 0) is 57.5 Å². The summed E-state index contributed by atoms with van der Waals surface area (Å²) >= 11 is 2.26. The third-order valence-corrected chi connectivity index (χ3v) is 6.42. The van der Waals surface area contributed by atoms with E-state index in [1.165, 1.54) is 0 Å². The lowest BCUT2D eigenvalue weighted by atomic mass is 9.79. The van der Waals surface area contributed by atoms with Gasteiger partial charge in [-0.3, -0.25) is 0 Å². The molecule has 150 valence electrons. The first-order valence-corrected chi connectivity index (χ1v) is 10.7. The molecule has 1 unspecified atom stereocenters. The lowest BCUT2D eigenvalue weighted by Gasteiger charge is -2.32. The van der Waals surface area contributed by atoms with Gasteiger partial charge in [-0.25, -0.2) is 4.98 Å². The van der Waals surface area contributed by atoms with Crippen LogP contribution in [0.1, 0.15) is 38.8 Å². The molecule has 5 nitrogen and oxygen atoms in total. The first-order chi connectivity index (χ1) is 13.6. The SMILES string of the molecule is CN(I)c1ccc(C#CC2Cc3cc(B4OC(C)(C)C(C)(C)O4)cnc3N2)cc1. The Morgan fingerprint density at radius 2 is 1.83 bits per heavy atom. The predicted molar refractivity (Wildman–Crippen MR) is 127 cm³/mol. The Morgan fingerprint density at radius 1 is 1.17 bits per heavy atom. The second-order valence-corrected chi connectivity index (χ2v) is 10.0. The van der Waals surface area contributed by atoms with Crippen LogP contribution in [0.25, 0.3) is 0 Å². The van der Waals surface area contributed by atoms with Crippen molar-refractivity contribution in [1.82, 2.24) is 4.98 Å². The first-order valence-electron chi connectivity index (χ1n) is 9.77. The van der Waals surface area contributed by atoms with Gasteiger partial charge < -0.3 is 17.7 Å². The summed E-state index contributed by atoms with van der Waals surface area (Å²) in [5.74, 6) is 7.49. The molecule has 2 aliphatic heterocycles. The minimum atomic E-state index is -0.391. The molecule has 0 bridgehead atoms. The molecular weight excluding hydrogens is 476 g/mol. The molecule has 4 rings (SSSR count). The van der Waals surface area contributed by atoms with E-state index in [9.17, 15) is 0 Å². The highest BCUT2D eigenvalue weighted by Crippen LogP contribution is 2.36. The zero-order valence-corrected chi connectivity index (χ0v) is 19.6. The molecule has 2 aliphatic rings. The summed E-state index contributed by atoms with van der Waals surface area (Å²) in [5.41, 5.74) is 3.56. The monoisotopic (exact) mass is 501 g/mol. The zero-order chi connectivity index (χ0) is 20.8. The second kappa shape index (κ2) is 7.49. The van der Waals surface area contributed by atoms with Crippen LogP contribution in [0.2, 0.25) is 0 Å². The van der Waals surface area contributed by atoms with Crippen molar-refractivity contribution >= 4 is 47.0 Å². The number of nitrogens with one attached hydrogen (secondary N) is 1. The van der Waals surface area contributed by atoms with Crippen molar-refractivity contribution in [2.45, 2.75) is 51.4 Å². The van der Waals surface area contributed by atoms with E-state index < -0.39 is 7.12 Å². The number of hydrogen-bond donors (Lipinski definition) is 1. The molecule has 29 heavy (non-hydrogen) atoms. The molecule has 0 spiro atoms. The van der Waals surface area contributed by atoms with Gasteiger partial charge in [0, 0.05) is 36.4 Å². The molecule has 1 aromatic heterocycles. The fraction of sp³-hybridized carbons (Fsp3) is 0.409. The van der Waals surface area contributed by atoms with Gasteiger partial charge in [-0.1, -0.05) is 17.9 Å². The number of benzene rings is 1. The van der Waals surface area contributed by atoms with Gasteiger partial charge in [0.15, 0.2) is 0 Å². The zero-order valence-electron chi connectivity index (χ0n) is 17.4. The van der Waals surface area contributed by atoms with Crippen molar-refractivity contribution in [3.8, 4) is 11.8 Å². The van der Waals surface area contributed by atoms with Gasteiger partial charge in [0.1, 0.15) is 5.82 Å². The number of rotatable bonds is 2. The summed E-state index contributed by atoms with van der Waals surface area (Å²) in [4.78, 5) is 4.59. The van der Waals surface area contributed by atoms with Crippen molar-refractivity contribution in [2.24, 2.45) is 0 Å². The average molecular weight is 501 g/mol. The van der Waals surface area contributed by atoms with E-state index in [2.05, 4.69) is 90.9 Å². The Morgan fingerprint density at radius 3 is 2.45 bits per heavy atom. The van der Waals surface area contributed by atoms with Crippen molar-refractivity contribution in [3.63, 3.8) is 0 Å². The smallest absolute Gasteiger partial charge is 0.399 e. The molecule has 0 radical (unpaired) electrons. The topological polar surface area (TPSA) is 46.6 Å². The molecule has 0 amide bonds. The van der Waals surface area contributed by atoms with Crippen molar-refractivity contribution in [3.05, 3.63) is 47.7 Å². The van der Waals surface area contributed by atoms with Crippen LogP contribution in [-0.2, 0) is 15.7 Å². The maximum atomic E-state index is 6.15. The van der Waals surface area contributed by atoms with Gasteiger partial charge in [0.2, 0.25) is 0 Å². The molecule has 1 aromatic carbocycles. The van der Waals surface area contributed by atoms with Crippen LogP contribution in [-0.4, -0.2) is 36.4 Å². The Labute approximate surface area is 187 Å². The molecule has 3 heterocycles. The summed E-state index contributed by atoms with van der Waals surface area (Å²) in [5, 5.41) is 3.41. The number of pyridine rings is 1. The third-order valence-electron chi connectivity index (χ3n) is 5.86. The molecular formula is C22H25BIN3O2. The molecule has 7 heteroatoms. The largest absolute Gasteiger partial charge is 0.496 e. The van der Waals surface area contributed by atoms with Crippen molar-refractivity contribution in [2.75, 3.05) is 15.5 Å². The van der Waals surface area contributed by atoms with Crippen LogP contribution < -0.4 is 13.9 Å². The number of halogens is 1. The van der Waals surface area contributed by atoms with E-state index in [0.717, 1.165) is 34.5 Å². The predicted octanol–water partition coefficient (Wildman–Crippen LogP) is 3.56. The number of anilines is 2. The lowest BCUT2D eigenvalue weighted by molar-refractivity contribution is 0.00578. The van der Waals surface area contributed by atoms with Crippen LogP contribution in [0.4, 0.5) is 11.5 Å².